The van der Waals surface area contributed by atoms with Crippen LogP contribution in [0, 0.1) is 0 Å². The molecule has 100 valence electrons. The van der Waals surface area contributed by atoms with Crippen molar-refractivity contribution in [2.24, 2.45) is 0 Å². The lowest BCUT2D eigenvalue weighted by Crippen LogP contribution is -2.49. The number of rotatable bonds is 1. The molecule has 2 heterocycles. The summed E-state index contributed by atoms with van der Waals surface area (Å²) in [5, 5.41) is 0.354. The summed E-state index contributed by atoms with van der Waals surface area (Å²) in [4.78, 5) is 10.9. The van der Waals surface area contributed by atoms with Gasteiger partial charge in [0, 0.05) is 17.2 Å². The fourth-order valence-corrected chi connectivity index (χ4v) is 2.75. The van der Waals surface area contributed by atoms with Crippen LogP contribution < -0.4 is 0 Å². The van der Waals surface area contributed by atoms with Crippen LogP contribution in [0.15, 0.2) is 12.3 Å². The predicted octanol–water partition coefficient (Wildman–Crippen LogP) is 3.28. The average molecular weight is 268 g/mol. The standard InChI is InChI=1S/C14H22ClN3/c1-13(2,3)18-9-6-14(4,7-10-18)11-5-8-16-12(15)17-11/h5,8H,6-7,9-10H2,1-4H3. The molecular weight excluding hydrogens is 246 g/mol. The highest BCUT2D eigenvalue weighted by molar-refractivity contribution is 6.28. The molecule has 1 aromatic rings. The van der Waals surface area contributed by atoms with Crippen LogP contribution in [0.25, 0.3) is 0 Å². The van der Waals surface area contributed by atoms with Crippen molar-refractivity contribution in [1.82, 2.24) is 14.9 Å². The third kappa shape index (κ3) is 2.83. The lowest BCUT2D eigenvalue weighted by atomic mass is 9.76. The van der Waals surface area contributed by atoms with E-state index in [4.69, 9.17) is 11.6 Å². The second kappa shape index (κ2) is 4.78. The molecule has 1 aliphatic heterocycles. The van der Waals surface area contributed by atoms with Gasteiger partial charge in [-0.2, -0.15) is 0 Å². The minimum atomic E-state index is 0.133. The zero-order valence-corrected chi connectivity index (χ0v) is 12.5. The second-order valence-electron chi connectivity index (χ2n) is 6.43. The summed E-state index contributed by atoms with van der Waals surface area (Å²) in [6.07, 6.45) is 4.00. The molecule has 0 atom stereocenters. The van der Waals surface area contributed by atoms with Crippen molar-refractivity contribution in [1.29, 1.82) is 0 Å². The van der Waals surface area contributed by atoms with E-state index in [-0.39, 0.29) is 11.0 Å². The average Bonchev–Trinajstić information content (AvgIpc) is 2.28. The van der Waals surface area contributed by atoms with Crippen LogP contribution in [0.3, 0.4) is 0 Å². The summed E-state index contributed by atoms with van der Waals surface area (Å²) < 4.78 is 0. The molecule has 1 fully saturated rings. The van der Waals surface area contributed by atoms with E-state index in [1.54, 1.807) is 6.20 Å². The van der Waals surface area contributed by atoms with Crippen LogP contribution >= 0.6 is 11.6 Å². The van der Waals surface area contributed by atoms with Crippen molar-refractivity contribution < 1.29 is 0 Å². The SMILES string of the molecule is CC1(c2ccnc(Cl)n2)CCN(C(C)(C)C)CC1. The molecule has 0 aliphatic carbocycles. The zero-order valence-electron chi connectivity index (χ0n) is 11.7. The van der Waals surface area contributed by atoms with Crippen molar-refractivity contribution >= 4 is 11.6 Å². The molecular formula is C14H22ClN3. The number of aromatic nitrogens is 2. The second-order valence-corrected chi connectivity index (χ2v) is 6.77. The molecule has 18 heavy (non-hydrogen) atoms. The Labute approximate surface area is 115 Å². The molecule has 0 amide bonds. The first kappa shape index (κ1) is 13.8. The quantitative estimate of drug-likeness (QED) is 0.731. The minimum absolute atomic E-state index is 0.133. The lowest BCUT2D eigenvalue weighted by molar-refractivity contribution is 0.0782. The van der Waals surface area contributed by atoms with Gasteiger partial charge >= 0.3 is 0 Å². The number of piperidine rings is 1. The molecule has 0 aromatic carbocycles. The Kier molecular flexibility index (Phi) is 3.65. The van der Waals surface area contributed by atoms with Gasteiger partial charge in [0.05, 0.1) is 5.69 Å². The van der Waals surface area contributed by atoms with Gasteiger partial charge in [-0.3, -0.25) is 4.90 Å². The highest BCUT2D eigenvalue weighted by Gasteiger charge is 2.36. The van der Waals surface area contributed by atoms with E-state index in [2.05, 4.69) is 42.6 Å². The molecule has 0 spiro atoms. The van der Waals surface area contributed by atoms with Crippen LogP contribution in [0.5, 0.6) is 0 Å². The number of halogens is 1. The monoisotopic (exact) mass is 267 g/mol. The zero-order chi connectivity index (χ0) is 13.4. The maximum Gasteiger partial charge on any atom is 0.222 e. The molecule has 2 rings (SSSR count). The maximum absolute atomic E-state index is 5.89. The Balaban J connectivity index is 2.12. The first-order valence-corrected chi connectivity index (χ1v) is 6.93. The number of hydrogen-bond donors (Lipinski definition) is 0. The third-order valence-electron chi connectivity index (χ3n) is 4.06. The third-order valence-corrected chi connectivity index (χ3v) is 4.24. The minimum Gasteiger partial charge on any atom is -0.298 e. The van der Waals surface area contributed by atoms with Crippen molar-refractivity contribution in [2.45, 2.75) is 51.5 Å². The molecule has 4 heteroatoms. The van der Waals surface area contributed by atoms with E-state index in [9.17, 15) is 0 Å². The highest BCUT2D eigenvalue weighted by atomic mass is 35.5. The fraction of sp³-hybridized carbons (Fsp3) is 0.714. The molecule has 1 aromatic heterocycles. The summed E-state index contributed by atoms with van der Waals surface area (Å²) in [5.41, 5.74) is 1.47. The normalized spacial score (nSPS) is 20.9. The van der Waals surface area contributed by atoms with Crippen molar-refractivity contribution in [3.05, 3.63) is 23.2 Å². The number of likely N-dealkylation sites (tertiary alicyclic amines) is 1. The van der Waals surface area contributed by atoms with E-state index in [1.807, 2.05) is 6.07 Å². The molecule has 1 aliphatic rings. The van der Waals surface area contributed by atoms with Crippen LogP contribution in [0.1, 0.15) is 46.2 Å². The molecule has 0 bridgehead atoms. The summed E-state index contributed by atoms with van der Waals surface area (Å²) in [7, 11) is 0. The van der Waals surface area contributed by atoms with E-state index < -0.39 is 0 Å². The molecule has 0 saturated carbocycles. The Morgan fingerprint density at radius 2 is 1.89 bits per heavy atom. The predicted molar refractivity (Wildman–Crippen MR) is 75.0 cm³/mol. The Morgan fingerprint density at radius 3 is 2.39 bits per heavy atom. The van der Waals surface area contributed by atoms with E-state index in [0.29, 0.717) is 5.28 Å². The Morgan fingerprint density at radius 1 is 1.28 bits per heavy atom. The number of nitrogens with zero attached hydrogens (tertiary/aromatic N) is 3. The van der Waals surface area contributed by atoms with E-state index in [1.165, 1.54) is 0 Å². The summed E-state index contributed by atoms with van der Waals surface area (Å²) in [6.45, 7) is 11.3. The van der Waals surface area contributed by atoms with Gasteiger partial charge in [0.25, 0.3) is 0 Å². The van der Waals surface area contributed by atoms with Gasteiger partial charge in [0.1, 0.15) is 0 Å². The van der Waals surface area contributed by atoms with Gasteiger partial charge in [-0.25, -0.2) is 9.97 Å². The first-order chi connectivity index (χ1) is 8.31. The van der Waals surface area contributed by atoms with Gasteiger partial charge in [0.2, 0.25) is 5.28 Å². The first-order valence-electron chi connectivity index (χ1n) is 6.55. The van der Waals surface area contributed by atoms with Crippen LogP contribution in [0.4, 0.5) is 0 Å². The van der Waals surface area contributed by atoms with E-state index >= 15 is 0 Å². The van der Waals surface area contributed by atoms with Crippen molar-refractivity contribution in [3.63, 3.8) is 0 Å². The largest absolute Gasteiger partial charge is 0.298 e. The summed E-state index contributed by atoms with van der Waals surface area (Å²) >= 11 is 5.89. The highest BCUT2D eigenvalue weighted by Crippen LogP contribution is 2.35. The molecule has 1 saturated heterocycles. The Hall–Kier alpha value is -0.670. The van der Waals surface area contributed by atoms with Crippen LogP contribution in [-0.4, -0.2) is 33.5 Å². The van der Waals surface area contributed by atoms with E-state index in [0.717, 1.165) is 31.6 Å². The van der Waals surface area contributed by atoms with Gasteiger partial charge in [-0.05, 0) is 64.4 Å². The fourth-order valence-electron chi connectivity index (χ4n) is 2.60. The molecule has 0 N–H and O–H groups in total. The molecule has 0 radical (unpaired) electrons. The maximum atomic E-state index is 5.89. The smallest absolute Gasteiger partial charge is 0.222 e. The van der Waals surface area contributed by atoms with Crippen LogP contribution in [0.2, 0.25) is 5.28 Å². The molecule has 0 unspecified atom stereocenters. The lowest BCUT2D eigenvalue weighted by Gasteiger charge is -2.44. The van der Waals surface area contributed by atoms with Crippen molar-refractivity contribution in [2.75, 3.05) is 13.1 Å². The summed E-state index contributed by atoms with van der Waals surface area (Å²) in [6, 6.07) is 2.00. The van der Waals surface area contributed by atoms with Gasteiger partial charge in [-0.1, -0.05) is 6.92 Å². The number of hydrogen-bond acceptors (Lipinski definition) is 3. The topological polar surface area (TPSA) is 29.0 Å². The summed E-state index contributed by atoms with van der Waals surface area (Å²) in [5.74, 6) is 0. The van der Waals surface area contributed by atoms with Crippen LogP contribution in [-0.2, 0) is 5.41 Å². The van der Waals surface area contributed by atoms with Gasteiger partial charge < -0.3 is 0 Å². The van der Waals surface area contributed by atoms with Crippen molar-refractivity contribution in [3.8, 4) is 0 Å². The van der Waals surface area contributed by atoms with Gasteiger partial charge in [-0.15, -0.1) is 0 Å². The van der Waals surface area contributed by atoms with Gasteiger partial charge in [0.15, 0.2) is 0 Å². The Bertz CT molecular complexity index is 417. The molecule has 3 nitrogen and oxygen atoms in total.